The van der Waals surface area contributed by atoms with Crippen molar-refractivity contribution in [3.8, 4) is 0 Å². The van der Waals surface area contributed by atoms with E-state index >= 15 is 0 Å². The van der Waals surface area contributed by atoms with Crippen molar-refractivity contribution in [2.24, 2.45) is 22.6 Å². The van der Waals surface area contributed by atoms with Gasteiger partial charge in [0.15, 0.2) is 0 Å². The minimum absolute atomic E-state index is 0.0864. The van der Waals surface area contributed by atoms with Crippen LogP contribution in [0, 0.1) is 5.41 Å². The third-order valence-electron chi connectivity index (χ3n) is 9.27. The molecule has 222 valence electrons. The van der Waals surface area contributed by atoms with Gasteiger partial charge in [-0.3, -0.25) is 9.78 Å². The number of pyridine rings is 1. The first kappa shape index (κ1) is 32.4. The fraction of sp³-hybridized carbons (Fsp3) is 0.500. The molecular weight excluding hydrogens is 509 g/mol. The molecule has 1 saturated carbocycles. The second kappa shape index (κ2) is 13.2. The SMILES string of the molecule is BC(=C/CC(=O)N(CC)CCCC)/C=C(/N)CNC[C@H]1N(C(=C)c2cnccc2/C=C\C=C)C[C@]2(N)C(C)(C)[C@]12N. The fourth-order valence-corrected chi connectivity index (χ4v) is 6.35. The van der Waals surface area contributed by atoms with Gasteiger partial charge in [0, 0.05) is 73.9 Å². The van der Waals surface area contributed by atoms with Crippen LogP contribution in [0.2, 0.25) is 0 Å². The molecule has 1 aromatic rings. The Morgan fingerprint density at radius 1 is 1.34 bits per heavy atom. The number of amides is 1. The highest BCUT2D eigenvalue weighted by Crippen LogP contribution is 2.68. The molecule has 7 N–H and O–H groups in total. The van der Waals surface area contributed by atoms with E-state index < -0.39 is 11.1 Å². The molecule has 41 heavy (non-hydrogen) atoms. The van der Waals surface area contributed by atoms with Crippen LogP contribution in [0.5, 0.6) is 0 Å². The Morgan fingerprint density at radius 2 is 2.07 bits per heavy atom. The highest BCUT2D eigenvalue weighted by molar-refractivity contribution is 6.23. The molecule has 1 aliphatic heterocycles. The number of hydrogen-bond donors (Lipinski definition) is 4. The smallest absolute Gasteiger partial charge is 0.226 e. The number of piperidine rings is 1. The van der Waals surface area contributed by atoms with Crippen LogP contribution < -0.4 is 22.5 Å². The zero-order valence-corrected chi connectivity index (χ0v) is 25.7. The lowest BCUT2D eigenvalue weighted by Gasteiger charge is -2.37. The van der Waals surface area contributed by atoms with Gasteiger partial charge in [0.25, 0.3) is 0 Å². The lowest BCUT2D eigenvalue weighted by molar-refractivity contribution is -0.130. The van der Waals surface area contributed by atoms with E-state index in [9.17, 15) is 4.79 Å². The predicted octanol–water partition coefficient (Wildman–Crippen LogP) is 2.36. The van der Waals surface area contributed by atoms with Gasteiger partial charge >= 0.3 is 0 Å². The Kier molecular flexibility index (Phi) is 10.4. The summed E-state index contributed by atoms with van der Waals surface area (Å²) in [6, 6.07) is 1.88. The summed E-state index contributed by atoms with van der Waals surface area (Å²) in [5.41, 5.74) is 23.5. The van der Waals surface area contributed by atoms with Crippen molar-refractivity contribution in [2.45, 2.75) is 64.1 Å². The zero-order valence-electron chi connectivity index (χ0n) is 25.7. The van der Waals surface area contributed by atoms with Crippen LogP contribution in [0.3, 0.4) is 0 Å². The van der Waals surface area contributed by atoms with Gasteiger partial charge in [-0.15, -0.1) is 0 Å². The van der Waals surface area contributed by atoms with Crippen molar-refractivity contribution in [3.05, 3.63) is 78.2 Å². The topological polar surface area (TPSA) is 127 Å². The molecule has 0 bridgehead atoms. The number of carbonyl (C=O) groups is 1. The summed E-state index contributed by atoms with van der Waals surface area (Å²) in [6.45, 7) is 19.9. The first-order chi connectivity index (χ1) is 19.4. The maximum Gasteiger partial charge on any atom is 0.226 e. The van der Waals surface area contributed by atoms with Crippen LogP contribution in [0.1, 0.15) is 58.1 Å². The van der Waals surface area contributed by atoms with E-state index in [4.69, 9.17) is 17.2 Å². The number of carbonyl (C=O) groups excluding carboxylic acids is 1. The lowest BCUT2D eigenvalue weighted by Crippen LogP contribution is -2.53. The zero-order chi connectivity index (χ0) is 30.4. The Bertz CT molecular complexity index is 1220. The van der Waals surface area contributed by atoms with Crippen molar-refractivity contribution < 1.29 is 4.79 Å². The van der Waals surface area contributed by atoms with Crippen LogP contribution in [0.15, 0.2) is 67.1 Å². The summed E-state index contributed by atoms with van der Waals surface area (Å²) in [4.78, 5) is 21.1. The second-order valence-electron chi connectivity index (χ2n) is 11.9. The molecule has 3 rings (SSSR count). The number of rotatable bonds is 15. The van der Waals surface area contributed by atoms with Crippen LogP contribution in [0.4, 0.5) is 0 Å². The Hall–Kier alpha value is -3.14. The lowest BCUT2D eigenvalue weighted by atomic mass is 9.93. The standard InChI is InChI=1S/C32H50BN7O/c1-7-10-12-24-15-16-37-20-27(24)23(4)40-22-31(35)30(5,6)32(31,36)28(40)21-38-19-26(34)18-25(33)13-14-29(41)39(9-3)17-11-8-2/h7,10,12-13,15-16,18,20,28,38H,1,4,8-9,11,14,17,19,21-22,33-36H2,2-3,5-6H3/b12-10-,25-13+,26-18+/t28-,31+,32-/m1/s1. The summed E-state index contributed by atoms with van der Waals surface area (Å²) in [7, 11) is 1.97. The van der Waals surface area contributed by atoms with Crippen molar-refractivity contribution in [1.29, 1.82) is 0 Å². The van der Waals surface area contributed by atoms with Crippen LogP contribution >= 0.6 is 0 Å². The van der Waals surface area contributed by atoms with Gasteiger partial charge in [0.1, 0.15) is 7.85 Å². The van der Waals surface area contributed by atoms with E-state index in [2.05, 4.69) is 49.1 Å². The molecule has 1 saturated heterocycles. The summed E-state index contributed by atoms with van der Waals surface area (Å²) in [6.07, 6.45) is 15.6. The Balaban J connectivity index is 1.69. The summed E-state index contributed by atoms with van der Waals surface area (Å²) in [5, 5.41) is 3.51. The number of nitrogens with one attached hydrogen (secondary N) is 1. The number of allylic oxidation sites excluding steroid dienone is 4. The number of nitrogens with two attached hydrogens (primary N) is 3. The number of aromatic nitrogens is 1. The van der Waals surface area contributed by atoms with Gasteiger partial charge in [0.05, 0.1) is 17.1 Å². The molecule has 1 aromatic heterocycles. The minimum atomic E-state index is -0.590. The summed E-state index contributed by atoms with van der Waals surface area (Å²) < 4.78 is 0. The first-order valence-electron chi connectivity index (χ1n) is 14.8. The monoisotopic (exact) mass is 559 g/mol. The summed E-state index contributed by atoms with van der Waals surface area (Å²) >= 11 is 0. The average molecular weight is 560 g/mol. The molecule has 1 aliphatic carbocycles. The van der Waals surface area contributed by atoms with Gasteiger partial charge in [-0.1, -0.05) is 70.1 Å². The molecule has 0 radical (unpaired) electrons. The third-order valence-corrected chi connectivity index (χ3v) is 9.27. The number of unbranched alkanes of at least 4 members (excludes halogenated alkanes) is 1. The van der Waals surface area contributed by atoms with E-state index in [0.29, 0.717) is 31.8 Å². The van der Waals surface area contributed by atoms with E-state index in [0.717, 1.165) is 48.2 Å². The largest absolute Gasteiger partial charge is 0.401 e. The van der Waals surface area contributed by atoms with E-state index in [1.807, 2.05) is 56.2 Å². The fourth-order valence-electron chi connectivity index (χ4n) is 6.35. The quantitative estimate of drug-likeness (QED) is 0.192. The first-order valence-corrected chi connectivity index (χ1v) is 14.8. The normalized spacial score (nSPS) is 25.3. The summed E-state index contributed by atoms with van der Waals surface area (Å²) in [5.74, 6) is 0.147. The molecule has 2 aliphatic rings. The molecule has 0 unspecified atom stereocenters. The highest BCUT2D eigenvalue weighted by Gasteiger charge is 2.86. The molecule has 2 heterocycles. The molecule has 8 nitrogen and oxygen atoms in total. The highest BCUT2D eigenvalue weighted by atomic mass is 16.2. The molecule has 0 spiro atoms. The second-order valence-corrected chi connectivity index (χ2v) is 11.9. The van der Waals surface area contributed by atoms with E-state index in [1.54, 1.807) is 12.3 Å². The van der Waals surface area contributed by atoms with Gasteiger partial charge in [-0.05, 0) is 31.1 Å². The maximum absolute atomic E-state index is 12.6. The molecular formula is C32H50BN7O. The van der Waals surface area contributed by atoms with Crippen LogP contribution in [-0.4, -0.2) is 78.4 Å². The third kappa shape index (κ3) is 6.22. The van der Waals surface area contributed by atoms with Crippen molar-refractivity contribution in [2.75, 3.05) is 32.7 Å². The molecule has 3 atom stereocenters. The number of hydrogen-bond acceptors (Lipinski definition) is 7. The molecule has 9 heteroatoms. The van der Waals surface area contributed by atoms with Crippen molar-refractivity contribution in [1.82, 2.24) is 20.1 Å². The number of likely N-dealkylation sites (tertiary alicyclic amines) is 1. The number of fused-ring (bicyclic) bond motifs is 1. The maximum atomic E-state index is 12.6. The minimum Gasteiger partial charge on any atom is -0.401 e. The molecule has 2 fully saturated rings. The van der Waals surface area contributed by atoms with E-state index in [-0.39, 0.29) is 17.4 Å². The molecule has 0 aromatic carbocycles. The Labute approximate surface area is 247 Å². The molecule has 1 amide bonds. The van der Waals surface area contributed by atoms with Crippen molar-refractivity contribution >= 4 is 25.5 Å². The Morgan fingerprint density at radius 3 is 2.73 bits per heavy atom. The average Bonchev–Trinajstić information content (AvgIpc) is 3.14. The van der Waals surface area contributed by atoms with Crippen LogP contribution in [-0.2, 0) is 4.79 Å². The van der Waals surface area contributed by atoms with Gasteiger partial charge in [0.2, 0.25) is 5.91 Å². The van der Waals surface area contributed by atoms with Gasteiger partial charge < -0.3 is 32.3 Å². The van der Waals surface area contributed by atoms with E-state index in [1.165, 1.54) is 0 Å². The predicted molar refractivity (Wildman–Crippen MR) is 174 cm³/mol. The van der Waals surface area contributed by atoms with Gasteiger partial charge in [-0.25, -0.2) is 0 Å². The van der Waals surface area contributed by atoms with Gasteiger partial charge in [-0.2, -0.15) is 0 Å². The van der Waals surface area contributed by atoms with Crippen molar-refractivity contribution in [3.63, 3.8) is 0 Å². The van der Waals surface area contributed by atoms with Crippen LogP contribution in [0.25, 0.3) is 11.8 Å². The number of nitrogens with zero attached hydrogens (tertiary/aromatic N) is 3.